The molecule has 0 N–H and O–H groups in total. The lowest BCUT2D eigenvalue weighted by Gasteiger charge is -2.23. The Kier molecular flexibility index (Phi) is 10.5. The van der Waals surface area contributed by atoms with Crippen LogP contribution in [0.25, 0.3) is 0 Å². The van der Waals surface area contributed by atoms with Gasteiger partial charge in [0.05, 0.1) is 0 Å². The second-order valence-electron chi connectivity index (χ2n) is 7.35. The molecule has 0 saturated heterocycles. The molecule has 0 heterocycles. The molecule has 0 aromatic heterocycles. The quantitative estimate of drug-likeness (QED) is 0.219. The van der Waals surface area contributed by atoms with Crippen molar-refractivity contribution in [1.82, 2.24) is 0 Å². The van der Waals surface area contributed by atoms with Gasteiger partial charge in [0, 0.05) is 5.92 Å². The van der Waals surface area contributed by atoms with E-state index < -0.39 is 0 Å². The highest BCUT2D eigenvalue weighted by Crippen LogP contribution is 2.29. The van der Waals surface area contributed by atoms with E-state index in [-0.39, 0.29) is 11.7 Å². The first-order valence-corrected chi connectivity index (χ1v) is 8.93. The molecule has 0 amide bonds. The monoisotopic (exact) mass is 316 g/mol. The number of ketones is 1. The minimum Gasteiger partial charge on any atom is -0.294 e. The third-order valence-corrected chi connectivity index (χ3v) is 4.33. The van der Waals surface area contributed by atoms with E-state index in [0.29, 0.717) is 5.41 Å². The van der Waals surface area contributed by atoms with Crippen LogP contribution in [0.3, 0.4) is 0 Å². The van der Waals surface area contributed by atoms with Crippen molar-refractivity contribution in [2.75, 3.05) is 0 Å². The van der Waals surface area contributed by atoms with Crippen molar-refractivity contribution < 1.29 is 4.79 Å². The van der Waals surface area contributed by atoms with Gasteiger partial charge in [-0.05, 0) is 49.7 Å². The molecule has 0 aliphatic carbocycles. The predicted molar refractivity (Wildman–Crippen MR) is 104 cm³/mol. The first kappa shape index (κ1) is 21.6. The van der Waals surface area contributed by atoms with E-state index in [1.165, 1.54) is 43.8 Å². The summed E-state index contributed by atoms with van der Waals surface area (Å²) in [4.78, 5) is 11.6. The Bertz CT molecular complexity index is 449. The third-order valence-electron chi connectivity index (χ3n) is 4.33. The molecule has 1 unspecified atom stereocenters. The average molecular weight is 317 g/mol. The summed E-state index contributed by atoms with van der Waals surface area (Å²) in [5, 5.41) is 0. The summed E-state index contributed by atoms with van der Waals surface area (Å²) >= 11 is 0. The molecule has 0 radical (unpaired) electrons. The van der Waals surface area contributed by atoms with E-state index in [0.717, 1.165) is 12.0 Å². The number of carbonyl (C=O) groups excluding carboxylic acids is 1. The van der Waals surface area contributed by atoms with E-state index in [2.05, 4.69) is 40.0 Å². The molecular weight excluding hydrogens is 280 g/mol. The molecular formula is C22H36O. The van der Waals surface area contributed by atoms with Crippen molar-refractivity contribution >= 4 is 5.78 Å². The maximum absolute atomic E-state index is 11.6. The van der Waals surface area contributed by atoms with Crippen molar-refractivity contribution in [2.45, 2.75) is 73.1 Å². The van der Waals surface area contributed by atoms with Crippen molar-refractivity contribution in [2.24, 2.45) is 11.3 Å². The summed E-state index contributed by atoms with van der Waals surface area (Å²) < 4.78 is 0. The number of allylic oxidation sites excluding steroid dienone is 6. The van der Waals surface area contributed by atoms with Crippen LogP contribution in [0.5, 0.6) is 0 Å². The van der Waals surface area contributed by atoms with Gasteiger partial charge in [0.1, 0.15) is 0 Å². The molecule has 0 spiro atoms. The van der Waals surface area contributed by atoms with Crippen molar-refractivity contribution in [3.8, 4) is 0 Å². The van der Waals surface area contributed by atoms with Crippen molar-refractivity contribution in [3.05, 3.63) is 48.6 Å². The molecule has 1 nitrogen and oxygen atoms in total. The fraction of sp³-hybridized carbons (Fsp3) is 0.591. The van der Waals surface area contributed by atoms with Crippen LogP contribution in [0.1, 0.15) is 73.1 Å². The summed E-state index contributed by atoms with van der Waals surface area (Å²) in [7, 11) is 0. The van der Waals surface area contributed by atoms with Gasteiger partial charge in [-0.15, -0.1) is 0 Å². The molecule has 0 bridgehead atoms. The van der Waals surface area contributed by atoms with Crippen molar-refractivity contribution in [3.63, 3.8) is 0 Å². The van der Waals surface area contributed by atoms with Crippen LogP contribution >= 0.6 is 0 Å². The normalized spacial score (nSPS) is 14.5. The third kappa shape index (κ3) is 10.1. The van der Waals surface area contributed by atoms with Crippen LogP contribution in [0.4, 0.5) is 0 Å². The van der Waals surface area contributed by atoms with E-state index in [1.54, 1.807) is 0 Å². The zero-order valence-corrected chi connectivity index (χ0v) is 16.0. The first-order chi connectivity index (χ1) is 10.8. The van der Waals surface area contributed by atoms with Crippen LogP contribution in [0, 0.1) is 11.3 Å². The lowest BCUT2D eigenvalue weighted by atomic mass is 9.82. The fourth-order valence-electron chi connectivity index (χ4n) is 2.97. The van der Waals surface area contributed by atoms with Crippen LogP contribution in [0.2, 0.25) is 0 Å². The minimum absolute atomic E-state index is 0.0658. The van der Waals surface area contributed by atoms with Crippen LogP contribution in [-0.4, -0.2) is 5.78 Å². The molecule has 0 aromatic carbocycles. The zero-order chi connectivity index (χ0) is 17.9. The second-order valence-corrected chi connectivity index (χ2v) is 7.35. The predicted octanol–water partition coefficient (Wildman–Crippen LogP) is 6.82. The number of hydrogen-bond donors (Lipinski definition) is 0. The Labute approximate surface area is 144 Å². The van der Waals surface area contributed by atoms with Gasteiger partial charge >= 0.3 is 0 Å². The smallest absolute Gasteiger partial charge is 0.161 e. The molecule has 0 aliphatic heterocycles. The molecule has 130 valence electrons. The van der Waals surface area contributed by atoms with E-state index in [9.17, 15) is 4.79 Å². The minimum atomic E-state index is -0.107. The lowest BCUT2D eigenvalue weighted by molar-refractivity contribution is -0.116. The largest absolute Gasteiger partial charge is 0.294 e. The van der Waals surface area contributed by atoms with Gasteiger partial charge in [-0.3, -0.25) is 4.79 Å². The summed E-state index contributed by atoms with van der Waals surface area (Å²) in [5.41, 5.74) is 2.84. The SMILES string of the molecule is C=CC(=O)C(C)/C=C(C)\C=C(/C=C)CCCCC(C)(C)CCC. The Morgan fingerprint density at radius 1 is 1.13 bits per heavy atom. The number of rotatable bonds is 12. The van der Waals surface area contributed by atoms with Gasteiger partial charge in [0.25, 0.3) is 0 Å². The van der Waals surface area contributed by atoms with Gasteiger partial charge in [-0.2, -0.15) is 0 Å². The molecule has 0 saturated carbocycles. The molecule has 1 atom stereocenters. The summed E-state index contributed by atoms with van der Waals surface area (Å²) in [5.74, 6) is -0.0410. The number of carbonyl (C=O) groups is 1. The Morgan fingerprint density at radius 2 is 1.78 bits per heavy atom. The van der Waals surface area contributed by atoms with Crippen molar-refractivity contribution in [1.29, 1.82) is 0 Å². The van der Waals surface area contributed by atoms with Gasteiger partial charge in [0.2, 0.25) is 0 Å². The Morgan fingerprint density at radius 3 is 2.30 bits per heavy atom. The van der Waals surface area contributed by atoms with Gasteiger partial charge in [0.15, 0.2) is 5.78 Å². The maximum Gasteiger partial charge on any atom is 0.161 e. The van der Waals surface area contributed by atoms with Gasteiger partial charge < -0.3 is 0 Å². The topological polar surface area (TPSA) is 17.1 Å². The summed E-state index contributed by atoms with van der Waals surface area (Å²) in [6.07, 6.45) is 14.8. The highest BCUT2D eigenvalue weighted by Gasteiger charge is 2.15. The first-order valence-electron chi connectivity index (χ1n) is 8.93. The molecule has 23 heavy (non-hydrogen) atoms. The molecule has 0 rings (SSSR count). The molecule has 0 aromatic rings. The highest BCUT2D eigenvalue weighted by molar-refractivity contribution is 5.92. The highest BCUT2D eigenvalue weighted by atomic mass is 16.1. The Hall–Kier alpha value is -1.37. The standard InChI is InChI=1S/C22H36O/c1-8-14-22(6,7)15-12-11-13-20(9-2)17-18(4)16-19(5)21(23)10-3/h9-10,16-17,19H,2-3,8,11-15H2,1,4-7H3/b18-16-,20-17+. The van der Waals surface area contributed by atoms with Crippen LogP contribution < -0.4 is 0 Å². The summed E-state index contributed by atoms with van der Waals surface area (Å²) in [6.45, 7) is 18.4. The molecule has 0 fully saturated rings. The van der Waals surface area contributed by atoms with Gasteiger partial charge in [-0.1, -0.05) is 77.5 Å². The average Bonchev–Trinajstić information content (AvgIpc) is 2.49. The second kappa shape index (κ2) is 11.2. The molecule has 1 heteroatoms. The summed E-state index contributed by atoms with van der Waals surface area (Å²) in [6, 6.07) is 0. The lowest BCUT2D eigenvalue weighted by Crippen LogP contribution is -2.10. The Balaban J connectivity index is 4.49. The number of hydrogen-bond acceptors (Lipinski definition) is 1. The number of unbranched alkanes of at least 4 members (excludes halogenated alkanes) is 1. The van der Waals surface area contributed by atoms with Crippen LogP contribution in [0.15, 0.2) is 48.6 Å². The van der Waals surface area contributed by atoms with E-state index >= 15 is 0 Å². The van der Waals surface area contributed by atoms with Gasteiger partial charge in [-0.25, -0.2) is 0 Å². The van der Waals surface area contributed by atoms with Crippen LogP contribution in [-0.2, 0) is 4.79 Å². The maximum atomic E-state index is 11.6. The van der Waals surface area contributed by atoms with E-state index in [1.807, 2.05) is 26.0 Å². The molecule has 0 aliphatic rings. The zero-order valence-electron chi connectivity index (χ0n) is 16.0. The van der Waals surface area contributed by atoms with E-state index in [4.69, 9.17) is 0 Å². The fourth-order valence-corrected chi connectivity index (χ4v) is 2.97.